The molecule has 7 N–H and O–H groups in total. The van der Waals surface area contributed by atoms with E-state index in [1.165, 1.54) is 68.8 Å². The Bertz CT molecular complexity index is 2150. The zero-order chi connectivity index (χ0) is 39.0. The van der Waals surface area contributed by atoms with Gasteiger partial charge >= 0.3 is 5.97 Å². The molecule has 3 heterocycles. The Kier molecular flexibility index (Phi) is 10.2. The maximum atomic E-state index is 12.6. The van der Waals surface area contributed by atoms with E-state index in [1.54, 1.807) is 30.3 Å². The molecule has 0 amide bonds. The van der Waals surface area contributed by atoms with Crippen molar-refractivity contribution in [2.75, 3.05) is 20.8 Å². The summed E-state index contributed by atoms with van der Waals surface area (Å²) in [5, 5.41) is 73.8. The van der Waals surface area contributed by atoms with Crippen molar-refractivity contribution in [2.45, 2.75) is 36.8 Å². The molecule has 4 aromatic rings. The second-order valence-electron chi connectivity index (χ2n) is 12.7. The summed E-state index contributed by atoms with van der Waals surface area (Å²) in [5.41, 5.74) is 2.13. The molecule has 286 valence electrons. The van der Waals surface area contributed by atoms with Gasteiger partial charge in [-0.15, -0.1) is 0 Å². The molecule has 1 saturated heterocycles. The summed E-state index contributed by atoms with van der Waals surface area (Å²) >= 11 is 0. The SMILES string of the molecule is COc1cc(C2Oc3cc(O)cc4c3C(=C2OC2OC(COC(=O)C=Cc3ccc(O)cc3)C(O)C(O)C2O)C=C(c2ccc(O)cc2)O4)cc(OC)c1O. The molecule has 15 heteroatoms. The van der Waals surface area contributed by atoms with Gasteiger partial charge in [-0.25, -0.2) is 4.79 Å². The number of hydrogen-bond donors (Lipinski definition) is 7. The van der Waals surface area contributed by atoms with Gasteiger partial charge in [-0.2, -0.15) is 0 Å². The lowest BCUT2D eigenvalue weighted by molar-refractivity contribution is -0.294. The maximum Gasteiger partial charge on any atom is 0.330 e. The number of methoxy groups -OCH3 is 2. The lowest BCUT2D eigenvalue weighted by Gasteiger charge is -2.42. The van der Waals surface area contributed by atoms with Crippen molar-refractivity contribution in [1.82, 2.24) is 0 Å². The molecule has 0 spiro atoms. The molecule has 4 aromatic carbocycles. The standard InChI is InChI=1S/C40H36O15/c1-49-29-13-21(14-30(50-2)34(29)45)38-39(25-17-26(20-6-10-23(42)11-7-20)52-27-15-24(43)16-28(53-38)33(25)27)55-40-37(48)36(47)35(46)31(54-40)18-51-32(44)12-5-19-3-8-22(41)9-4-19/h3-17,31,35-38,40-43,45-48H,18H2,1-2H3. The number of allylic oxidation sites excluding steroid dienone is 2. The molecular formula is C40H36O15. The minimum absolute atomic E-state index is 0.00553. The van der Waals surface area contributed by atoms with Crippen LogP contribution in [0.3, 0.4) is 0 Å². The number of aliphatic hydroxyl groups excluding tert-OH is 3. The summed E-state index contributed by atoms with van der Waals surface area (Å²) < 4.78 is 41.1. The van der Waals surface area contributed by atoms with Crippen molar-refractivity contribution < 1.29 is 73.7 Å². The Labute approximate surface area is 313 Å². The van der Waals surface area contributed by atoms with Crippen LogP contribution in [0.4, 0.5) is 0 Å². The molecular weight excluding hydrogens is 720 g/mol. The van der Waals surface area contributed by atoms with Gasteiger partial charge in [0.1, 0.15) is 65.5 Å². The first kappa shape index (κ1) is 36.9. The van der Waals surface area contributed by atoms with E-state index in [0.717, 1.165) is 6.08 Å². The molecule has 0 aliphatic carbocycles. The number of benzene rings is 4. The number of esters is 1. The number of aliphatic hydroxyl groups is 3. The van der Waals surface area contributed by atoms with Gasteiger partial charge in [0.25, 0.3) is 0 Å². The van der Waals surface area contributed by atoms with E-state index in [2.05, 4.69) is 0 Å². The fourth-order valence-electron chi connectivity index (χ4n) is 6.30. The predicted molar refractivity (Wildman–Crippen MR) is 192 cm³/mol. The molecule has 6 atom stereocenters. The van der Waals surface area contributed by atoms with Gasteiger partial charge in [-0.1, -0.05) is 12.1 Å². The van der Waals surface area contributed by atoms with Crippen LogP contribution in [0.2, 0.25) is 0 Å². The van der Waals surface area contributed by atoms with E-state index in [4.69, 9.17) is 33.2 Å². The number of phenolic OH excluding ortho intramolecular Hbond substituents is 4. The van der Waals surface area contributed by atoms with Crippen molar-refractivity contribution in [3.63, 3.8) is 0 Å². The molecule has 0 aromatic heterocycles. The molecule has 55 heavy (non-hydrogen) atoms. The largest absolute Gasteiger partial charge is 0.508 e. The second kappa shape index (κ2) is 15.2. The number of rotatable bonds is 10. The van der Waals surface area contributed by atoms with Gasteiger partial charge < -0.3 is 68.9 Å². The smallest absolute Gasteiger partial charge is 0.330 e. The third-order valence-corrected chi connectivity index (χ3v) is 9.13. The minimum atomic E-state index is -1.84. The lowest BCUT2D eigenvalue weighted by Crippen LogP contribution is -2.59. The third-order valence-electron chi connectivity index (χ3n) is 9.13. The van der Waals surface area contributed by atoms with E-state index in [9.17, 15) is 40.5 Å². The van der Waals surface area contributed by atoms with Crippen LogP contribution in [0.15, 0.2) is 90.7 Å². The van der Waals surface area contributed by atoms with E-state index in [0.29, 0.717) is 27.8 Å². The molecule has 15 nitrogen and oxygen atoms in total. The predicted octanol–water partition coefficient (Wildman–Crippen LogP) is 3.89. The Hall–Kier alpha value is -6.39. The Morgan fingerprint density at radius 2 is 1.42 bits per heavy atom. The molecule has 0 saturated carbocycles. The number of carbonyl (C=O) groups is 1. The van der Waals surface area contributed by atoms with Crippen LogP contribution < -0.4 is 18.9 Å². The number of carbonyl (C=O) groups excluding carboxylic acids is 1. The number of aromatic hydroxyl groups is 4. The first-order valence-electron chi connectivity index (χ1n) is 16.9. The van der Waals surface area contributed by atoms with Crippen LogP contribution >= 0.6 is 0 Å². The van der Waals surface area contributed by atoms with Gasteiger partial charge in [0, 0.05) is 34.9 Å². The van der Waals surface area contributed by atoms with Crippen LogP contribution in [0.5, 0.6) is 46.0 Å². The van der Waals surface area contributed by atoms with Crippen molar-refractivity contribution in [3.05, 3.63) is 113 Å². The maximum absolute atomic E-state index is 12.6. The van der Waals surface area contributed by atoms with Crippen molar-refractivity contribution in [1.29, 1.82) is 0 Å². The van der Waals surface area contributed by atoms with Gasteiger partial charge in [-0.3, -0.25) is 0 Å². The van der Waals surface area contributed by atoms with Gasteiger partial charge in [0.15, 0.2) is 23.4 Å². The Balaban J connectivity index is 1.28. The minimum Gasteiger partial charge on any atom is -0.508 e. The Morgan fingerprint density at radius 3 is 2.07 bits per heavy atom. The number of ether oxygens (including phenoxy) is 7. The van der Waals surface area contributed by atoms with E-state index in [-0.39, 0.29) is 57.5 Å². The number of phenols is 4. The first-order valence-corrected chi connectivity index (χ1v) is 16.9. The zero-order valence-electron chi connectivity index (χ0n) is 29.2. The average molecular weight is 757 g/mol. The van der Waals surface area contributed by atoms with Gasteiger partial charge in [0.2, 0.25) is 12.0 Å². The van der Waals surface area contributed by atoms with Crippen LogP contribution in [0.1, 0.15) is 28.4 Å². The van der Waals surface area contributed by atoms with E-state index in [1.807, 2.05) is 0 Å². The van der Waals surface area contributed by atoms with Gasteiger partial charge in [0.05, 0.1) is 19.8 Å². The first-order chi connectivity index (χ1) is 26.4. The summed E-state index contributed by atoms with van der Waals surface area (Å²) in [6.07, 6.45) is -5.46. The summed E-state index contributed by atoms with van der Waals surface area (Å²) in [5.74, 6) is -0.575. The van der Waals surface area contributed by atoms with E-state index >= 15 is 0 Å². The number of hydrogen-bond acceptors (Lipinski definition) is 15. The fraction of sp³-hybridized carbons (Fsp3) is 0.225. The second-order valence-corrected chi connectivity index (χ2v) is 12.7. The molecule has 3 aliphatic rings. The van der Waals surface area contributed by atoms with Crippen molar-refractivity contribution >= 4 is 23.4 Å². The Morgan fingerprint density at radius 1 is 0.782 bits per heavy atom. The van der Waals surface area contributed by atoms with Crippen LogP contribution in [0, 0.1) is 0 Å². The van der Waals surface area contributed by atoms with Crippen LogP contribution in [-0.2, 0) is 19.0 Å². The average Bonchev–Trinajstić information content (AvgIpc) is 3.18. The highest BCUT2D eigenvalue weighted by atomic mass is 16.7. The van der Waals surface area contributed by atoms with Crippen molar-refractivity contribution in [2.24, 2.45) is 0 Å². The summed E-state index contributed by atoms with van der Waals surface area (Å²) in [6.45, 7) is -0.549. The van der Waals surface area contributed by atoms with Crippen molar-refractivity contribution in [3.8, 4) is 46.0 Å². The topological polar surface area (TPSA) is 223 Å². The highest BCUT2D eigenvalue weighted by molar-refractivity contribution is 5.93. The van der Waals surface area contributed by atoms with Crippen LogP contribution in [-0.4, -0.2) is 93.2 Å². The fourth-order valence-corrected chi connectivity index (χ4v) is 6.30. The summed E-state index contributed by atoms with van der Waals surface area (Å²) in [4.78, 5) is 12.6. The summed E-state index contributed by atoms with van der Waals surface area (Å²) in [6, 6.07) is 17.9. The van der Waals surface area contributed by atoms with Crippen LogP contribution in [0.25, 0.3) is 17.4 Å². The molecule has 0 radical (unpaired) electrons. The highest BCUT2D eigenvalue weighted by Gasteiger charge is 2.47. The molecule has 7 rings (SSSR count). The molecule has 6 unspecified atom stereocenters. The summed E-state index contributed by atoms with van der Waals surface area (Å²) in [7, 11) is 2.69. The molecule has 3 aliphatic heterocycles. The molecule has 0 bridgehead atoms. The highest BCUT2D eigenvalue weighted by Crippen LogP contribution is 2.53. The monoisotopic (exact) mass is 756 g/mol. The zero-order valence-corrected chi connectivity index (χ0v) is 29.2. The molecule has 1 fully saturated rings. The normalized spacial score (nSPS) is 22.9. The van der Waals surface area contributed by atoms with Gasteiger partial charge in [-0.05, 0) is 66.2 Å². The lowest BCUT2D eigenvalue weighted by atomic mass is 9.91. The van der Waals surface area contributed by atoms with E-state index < -0.39 is 49.4 Å². The quantitative estimate of drug-likeness (QED) is 0.0901. The third kappa shape index (κ3) is 7.41.